The van der Waals surface area contributed by atoms with Crippen molar-refractivity contribution in [3.63, 3.8) is 0 Å². The molecular weight excluding hydrogens is 422 g/mol. The predicted octanol–water partition coefficient (Wildman–Crippen LogP) is 2.96. The Morgan fingerprint density at radius 3 is 2.36 bits per heavy atom. The number of thioether (sulfide) groups is 1. The summed E-state index contributed by atoms with van der Waals surface area (Å²) in [6.45, 7) is 0. The first-order valence-electron chi connectivity index (χ1n) is 7.84. The van der Waals surface area contributed by atoms with Crippen LogP contribution in [-0.4, -0.2) is 32.9 Å². The van der Waals surface area contributed by atoms with E-state index in [2.05, 4.69) is 5.32 Å². The maximum Gasteiger partial charge on any atom is 0.339 e. The van der Waals surface area contributed by atoms with Crippen LogP contribution in [0.4, 0.5) is 0 Å². The fourth-order valence-electron chi connectivity index (χ4n) is 2.40. The van der Waals surface area contributed by atoms with Crippen LogP contribution < -0.4 is 19.0 Å². The maximum absolute atomic E-state index is 12.6. The van der Waals surface area contributed by atoms with Gasteiger partial charge in [-0.25, -0.2) is 0 Å². The molecule has 1 heterocycles. The van der Waals surface area contributed by atoms with Gasteiger partial charge in [0, 0.05) is 5.56 Å². The molecule has 0 atom stereocenters. The van der Waals surface area contributed by atoms with Crippen molar-refractivity contribution in [1.82, 2.24) is 5.32 Å². The Balaban J connectivity index is 1.95. The number of benzene rings is 2. The topological polar surface area (TPSA) is 90.9 Å². The third kappa shape index (κ3) is 4.29. The summed E-state index contributed by atoms with van der Waals surface area (Å²) in [4.78, 5) is 12.2. The Labute approximate surface area is 171 Å². The molecule has 1 saturated heterocycles. The molecule has 0 bridgehead atoms. The molecule has 146 valence electrons. The molecular formula is C18H15NO6S3. The minimum atomic E-state index is -4.10. The number of carbonyl (C=O) groups excluding carboxylic acids is 1. The van der Waals surface area contributed by atoms with E-state index in [-0.39, 0.29) is 22.3 Å². The lowest BCUT2D eigenvalue weighted by atomic mass is 10.1. The normalized spacial score (nSPS) is 15.4. The lowest BCUT2D eigenvalue weighted by molar-refractivity contribution is -0.115. The van der Waals surface area contributed by atoms with Crippen LogP contribution in [0.3, 0.4) is 0 Å². The highest BCUT2D eigenvalue weighted by Crippen LogP contribution is 2.36. The summed E-state index contributed by atoms with van der Waals surface area (Å²) < 4.78 is 41.2. The minimum Gasteiger partial charge on any atom is -0.497 e. The van der Waals surface area contributed by atoms with Crippen LogP contribution in [-0.2, 0) is 14.9 Å². The zero-order chi connectivity index (χ0) is 20.3. The Bertz CT molecular complexity index is 1060. The molecule has 0 unspecified atom stereocenters. The van der Waals surface area contributed by atoms with Gasteiger partial charge in [0.05, 0.1) is 19.1 Å². The Morgan fingerprint density at radius 2 is 1.79 bits per heavy atom. The molecule has 2 aromatic carbocycles. The van der Waals surface area contributed by atoms with Crippen molar-refractivity contribution in [2.45, 2.75) is 4.90 Å². The van der Waals surface area contributed by atoms with Crippen molar-refractivity contribution in [3.8, 4) is 17.2 Å². The molecule has 0 aliphatic carbocycles. The second-order valence-corrected chi connectivity index (χ2v) is 8.71. The molecule has 1 fully saturated rings. The van der Waals surface area contributed by atoms with Crippen LogP contribution in [0.1, 0.15) is 5.56 Å². The van der Waals surface area contributed by atoms with Crippen molar-refractivity contribution in [1.29, 1.82) is 0 Å². The molecule has 0 radical (unpaired) electrons. The number of nitrogens with one attached hydrogen (secondary N) is 1. The van der Waals surface area contributed by atoms with E-state index in [1.807, 2.05) is 0 Å². The van der Waals surface area contributed by atoms with Gasteiger partial charge in [0.1, 0.15) is 15.0 Å². The first kappa shape index (κ1) is 20.2. The molecule has 10 heteroatoms. The highest BCUT2D eigenvalue weighted by molar-refractivity contribution is 8.26. The van der Waals surface area contributed by atoms with Gasteiger partial charge in [0.2, 0.25) is 0 Å². The molecule has 1 amide bonds. The van der Waals surface area contributed by atoms with Crippen LogP contribution in [0, 0.1) is 0 Å². The number of hydrogen-bond donors (Lipinski definition) is 1. The summed E-state index contributed by atoms with van der Waals surface area (Å²) in [5.41, 5.74) is 0.479. The van der Waals surface area contributed by atoms with Crippen LogP contribution in [0.2, 0.25) is 0 Å². The number of carbonyl (C=O) groups is 1. The number of methoxy groups -OCH3 is 2. The van der Waals surface area contributed by atoms with E-state index in [4.69, 9.17) is 25.9 Å². The van der Waals surface area contributed by atoms with Crippen molar-refractivity contribution in [3.05, 3.63) is 52.9 Å². The minimum absolute atomic E-state index is 0.00125. The van der Waals surface area contributed by atoms with Crippen LogP contribution in [0.25, 0.3) is 6.08 Å². The summed E-state index contributed by atoms with van der Waals surface area (Å²) in [6.07, 6.45) is 1.56. The van der Waals surface area contributed by atoms with E-state index in [9.17, 15) is 13.2 Å². The molecule has 0 spiro atoms. The lowest BCUT2D eigenvalue weighted by Gasteiger charge is -2.13. The van der Waals surface area contributed by atoms with Gasteiger partial charge in [0.15, 0.2) is 11.5 Å². The highest BCUT2D eigenvalue weighted by Gasteiger charge is 2.24. The number of hydrogen-bond acceptors (Lipinski definition) is 8. The zero-order valence-corrected chi connectivity index (χ0v) is 17.2. The van der Waals surface area contributed by atoms with Crippen LogP contribution >= 0.6 is 24.0 Å². The van der Waals surface area contributed by atoms with Crippen LogP contribution in [0.5, 0.6) is 17.2 Å². The molecule has 0 aromatic heterocycles. The summed E-state index contributed by atoms with van der Waals surface area (Å²) in [6, 6.07) is 10.5. The van der Waals surface area contributed by atoms with E-state index < -0.39 is 10.1 Å². The molecule has 2 aromatic rings. The lowest BCUT2D eigenvalue weighted by Crippen LogP contribution is -2.17. The zero-order valence-electron chi connectivity index (χ0n) is 14.8. The summed E-state index contributed by atoms with van der Waals surface area (Å²) in [5, 5.41) is 2.52. The maximum atomic E-state index is 12.6. The van der Waals surface area contributed by atoms with Crippen molar-refractivity contribution >= 4 is 50.4 Å². The van der Waals surface area contributed by atoms with E-state index >= 15 is 0 Å². The van der Waals surface area contributed by atoms with E-state index in [1.165, 1.54) is 44.6 Å². The fraction of sp³-hybridized carbons (Fsp3) is 0.111. The Kier molecular flexibility index (Phi) is 5.92. The number of rotatable bonds is 6. The van der Waals surface area contributed by atoms with Crippen molar-refractivity contribution < 1.29 is 26.9 Å². The second-order valence-electron chi connectivity index (χ2n) is 5.44. The van der Waals surface area contributed by atoms with Gasteiger partial charge in [-0.3, -0.25) is 4.79 Å². The van der Waals surface area contributed by atoms with Gasteiger partial charge in [-0.05, 0) is 36.4 Å². The van der Waals surface area contributed by atoms with E-state index in [1.54, 1.807) is 18.2 Å². The van der Waals surface area contributed by atoms with Crippen molar-refractivity contribution in [2.24, 2.45) is 0 Å². The second kappa shape index (κ2) is 8.21. The van der Waals surface area contributed by atoms with Gasteiger partial charge >= 0.3 is 10.1 Å². The van der Waals surface area contributed by atoms with Gasteiger partial charge in [-0.2, -0.15) is 8.42 Å². The molecule has 1 aliphatic rings. The average Bonchev–Trinajstić information content (AvgIpc) is 2.98. The van der Waals surface area contributed by atoms with Crippen LogP contribution in [0.15, 0.2) is 52.3 Å². The monoisotopic (exact) mass is 437 g/mol. The molecule has 1 aliphatic heterocycles. The first-order chi connectivity index (χ1) is 13.3. The third-order valence-electron chi connectivity index (χ3n) is 3.69. The fourth-order valence-corrected chi connectivity index (χ4v) is 4.37. The third-order valence-corrected chi connectivity index (χ3v) is 6.10. The SMILES string of the molecule is COc1ccc(S(=O)(=O)Oc2cccc(/C=C3/SC(=S)NC3=O)c2OC)cc1. The molecule has 1 N–H and O–H groups in total. The molecule has 7 nitrogen and oxygen atoms in total. The van der Waals surface area contributed by atoms with E-state index in [0.717, 1.165) is 11.8 Å². The molecule has 3 rings (SSSR count). The quantitative estimate of drug-likeness (QED) is 0.419. The predicted molar refractivity (Wildman–Crippen MR) is 110 cm³/mol. The highest BCUT2D eigenvalue weighted by atomic mass is 32.2. The number of thiocarbonyl (C=S) groups is 1. The molecule has 0 saturated carbocycles. The number of amides is 1. The van der Waals surface area contributed by atoms with E-state index in [0.29, 0.717) is 20.5 Å². The van der Waals surface area contributed by atoms with Gasteiger partial charge in [-0.1, -0.05) is 36.1 Å². The number of para-hydroxylation sites is 1. The van der Waals surface area contributed by atoms with Gasteiger partial charge in [-0.15, -0.1) is 0 Å². The Morgan fingerprint density at radius 1 is 1.07 bits per heavy atom. The van der Waals surface area contributed by atoms with Crippen molar-refractivity contribution in [2.75, 3.05) is 14.2 Å². The summed E-state index contributed by atoms with van der Waals surface area (Å²) in [7, 11) is -1.22. The number of ether oxygens (including phenoxy) is 2. The summed E-state index contributed by atoms with van der Waals surface area (Å²) >= 11 is 6.08. The standard InChI is InChI=1S/C18H15NO6S3/c1-23-12-6-8-13(9-7-12)28(21,22)25-14-5-3-4-11(16(14)24-2)10-15-17(20)19-18(26)27-15/h3-10H,1-2H3,(H,19,20,26)/b15-10+. The first-order valence-corrected chi connectivity index (χ1v) is 10.5. The van der Waals surface area contributed by atoms with Gasteiger partial charge in [0.25, 0.3) is 5.91 Å². The molecule has 28 heavy (non-hydrogen) atoms. The average molecular weight is 438 g/mol. The summed E-state index contributed by atoms with van der Waals surface area (Å²) in [5.74, 6) is 0.376. The largest absolute Gasteiger partial charge is 0.497 e. The van der Waals surface area contributed by atoms with Gasteiger partial charge < -0.3 is 19.0 Å². The Hall–Kier alpha value is -2.56. The smallest absolute Gasteiger partial charge is 0.339 e.